The lowest BCUT2D eigenvalue weighted by Crippen LogP contribution is -2.15. The summed E-state index contributed by atoms with van der Waals surface area (Å²) >= 11 is 3.42. The van der Waals surface area contributed by atoms with Gasteiger partial charge in [-0.3, -0.25) is 0 Å². The maximum absolute atomic E-state index is 8.88. The Morgan fingerprint density at radius 2 is 2.05 bits per heavy atom. The van der Waals surface area contributed by atoms with E-state index >= 15 is 0 Å². The van der Waals surface area contributed by atoms with Crippen LogP contribution in [-0.4, -0.2) is 6.54 Å². The van der Waals surface area contributed by atoms with E-state index in [1.165, 1.54) is 32.1 Å². The van der Waals surface area contributed by atoms with E-state index in [0.29, 0.717) is 5.56 Å². The van der Waals surface area contributed by atoms with Gasteiger partial charge in [0, 0.05) is 16.7 Å². The molecule has 1 aliphatic carbocycles. The fraction of sp³-hybridized carbons (Fsp3) is 0.562. The molecule has 2 rings (SSSR count). The van der Waals surface area contributed by atoms with Crippen molar-refractivity contribution >= 4 is 21.6 Å². The first-order valence-corrected chi connectivity index (χ1v) is 7.92. The molecule has 3 heteroatoms. The lowest BCUT2D eigenvalue weighted by atomic mass is 9.81. The van der Waals surface area contributed by atoms with Crippen molar-refractivity contribution in [2.24, 2.45) is 11.8 Å². The molecule has 0 heterocycles. The second kappa shape index (κ2) is 6.96. The Balaban J connectivity index is 1.77. The van der Waals surface area contributed by atoms with Gasteiger partial charge < -0.3 is 5.32 Å². The summed E-state index contributed by atoms with van der Waals surface area (Å²) in [4.78, 5) is 0. The number of rotatable bonds is 4. The third-order valence-electron chi connectivity index (χ3n) is 4.11. The molecule has 1 aromatic carbocycles. The van der Waals surface area contributed by atoms with Gasteiger partial charge in [0.05, 0.1) is 5.56 Å². The average Bonchev–Trinajstić information content (AvgIpc) is 2.41. The van der Waals surface area contributed by atoms with E-state index in [1.807, 2.05) is 18.2 Å². The van der Waals surface area contributed by atoms with Crippen LogP contribution in [0.4, 0.5) is 5.69 Å². The summed E-state index contributed by atoms with van der Waals surface area (Å²) in [5, 5.41) is 12.3. The molecule has 0 unspecified atom stereocenters. The van der Waals surface area contributed by atoms with E-state index < -0.39 is 0 Å². The molecule has 0 saturated heterocycles. The van der Waals surface area contributed by atoms with Crippen LogP contribution in [-0.2, 0) is 0 Å². The molecular formula is C16H21BrN2. The van der Waals surface area contributed by atoms with Crippen LogP contribution < -0.4 is 5.32 Å². The number of anilines is 1. The first-order chi connectivity index (χ1) is 9.19. The van der Waals surface area contributed by atoms with E-state index in [2.05, 4.69) is 34.2 Å². The van der Waals surface area contributed by atoms with Crippen LogP contribution in [0.2, 0.25) is 0 Å². The molecule has 102 valence electrons. The zero-order valence-corrected chi connectivity index (χ0v) is 13.0. The van der Waals surface area contributed by atoms with Gasteiger partial charge in [-0.05, 0) is 52.4 Å². The topological polar surface area (TPSA) is 35.8 Å². The van der Waals surface area contributed by atoms with Crippen molar-refractivity contribution in [2.45, 2.75) is 39.0 Å². The van der Waals surface area contributed by atoms with Crippen molar-refractivity contribution in [1.82, 2.24) is 0 Å². The fourth-order valence-corrected chi connectivity index (χ4v) is 3.22. The highest BCUT2D eigenvalue weighted by molar-refractivity contribution is 9.10. The minimum Gasteiger partial charge on any atom is -0.385 e. The molecule has 1 fully saturated rings. The molecule has 1 aromatic rings. The number of nitrogens with zero attached hydrogens (tertiary/aromatic N) is 1. The van der Waals surface area contributed by atoms with E-state index in [1.54, 1.807) is 0 Å². The monoisotopic (exact) mass is 320 g/mol. The maximum Gasteiger partial charge on any atom is 0.100 e. The zero-order chi connectivity index (χ0) is 13.7. The van der Waals surface area contributed by atoms with Gasteiger partial charge in [0.25, 0.3) is 0 Å². The molecule has 0 atom stereocenters. The van der Waals surface area contributed by atoms with Gasteiger partial charge in [-0.2, -0.15) is 5.26 Å². The van der Waals surface area contributed by atoms with Crippen LogP contribution in [0.15, 0.2) is 22.7 Å². The first-order valence-electron chi connectivity index (χ1n) is 7.12. The van der Waals surface area contributed by atoms with Crippen LogP contribution in [0.25, 0.3) is 0 Å². The predicted molar refractivity (Wildman–Crippen MR) is 83.1 cm³/mol. The molecule has 0 radical (unpaired) electrons. The Bertz CT molecular complexity index is 456. The van der Waals surface area contributed by atoms with Crippen molar-refractivity contribution in [3.05, 3.63) is 28.2 Å². The van der Waals surface area contributed by atoms with Crippen LogP contribution in [0.5, 0.6) is 0 Å². The minimum atomic E-state index is 0.687. The molecule has 2 nitrogen and oxygen atoms in total. The second-order valence-corrected chi connectivity index (χ2v) is 6.50. The lowest BCUT2D eigenvalue weighted by molar-refractivity contribution is 0.282. The molecule has 0 aliphatic heterocycles. The molecule has 1 saturated carbocycles. The van der Waals surface area contributed by atoms with Crippen LogP contribution in [0, 0.1) is 23.2 Å². The molecule has 0 aromatic heterocycles. The highest BCUT2D eigenvalue weighted by Crippen LogP contribution is 2.30. The quantitative estimate of drug-likeness (QED) is 0.852. The Hall–Kier alpha value is -1.01. The van der Waals surface area contributed by atoms with Crippen molar-refractivity contribution in [2.75, 3.05) is 11.9 Å². The minimum absolute atomic E-state index is 0.687. The van der Waals surface area contributed by atoms with Crippen molar-refractivity contribution in [3.63, 3.8) is 0 Å². The average molecular weight is 321 g/mol. The number of nitriles is 1. The first kappa shape index (κ1) is 14.4. The summed E-state index contributed by atoms with van der Waals surface area (Å²) in [5.74, 6) is 1.82. The van der Waals surface area contributed by atoms with E-state index in [-0.39, 0.29) is 0 Å². The Labute approximate surface area is 124 Å². The van der Waals surface area contributed by atoms with E-state index in [4.69, 9.17) is 5.26 Å². The highest BCUT2D eigenvalue weighted by Gasteiger charge is 2.17. The summed E-state index contributed by atoms with van der Waals surface area (Å²) in [5.41, 5.74) is 1.78. The van der Waals surface area contributed by atoms with Gasteiger partial charge in [0.2, 0.25) is 0 Å². The van der Waals surface area contributed by atoms with Gasteiger partial charge in [0.1, 0.15) is 6.07 Å². The second-order valence-electron chi connectivity index (χ2n) is 5.65. The SMILES string of the molecule is CC1CCC(CCNc2ccc(C#N)c(Br)c2)CC1. The fourth-order valence-electron chi connectivity index (χ4n) is 2.75. The molecular weight excluding hydrogens is 300 g/mol. The summed E-state index contributed by atoms with van der Waals surface area (Å²) in [6, 6.07) is 7.98. The van der Waals surface area contributed by atoms with Crippen molar-refractivity contribution < 1.29 is 0 Å². The number of hydrogen-bond donors (Lipinski definition) is 1. The van der Waals surface area contributed by atoms with E-state index in [0.717, 1.165) is 28.5 Å². The molecule has 1 aliphatic rings. The maximum atomic E-state index is 8.88. The van der Waals surface area contributed by atoms with Crippen LogP contribution in [0.3, 0.4) is 0 Å². The summed E-state index contributed by atoms with van der Waals surface area (Å²) < 4.78 is 0.867. The van der Waals surface area contributed by atoms with Gasteiger partial charge in [-0.1, -0.05) is 32.6 Å². The molecule has 1 N–H and O–H groups in total. The van der Waals surface area contributed by atoms with E-state index in [9.17, 15) is 0 Å². The number of nitrogens with one attached hydrogen (secondary N) is 1. The summed E-state index contributed by atoms with van der Waals surface area (Å²) in [6.45, 7) is 3.39. The highest BCUT2D eigenvalue weighted by atomic mass is 79.9. The molecule has 19 heavy (non-hydrogen) atoms. The predicted octanol–water partition coefficient (Wildman–Crippen LogP) is 4.95. The van der Waals surface area contributed by atoms with Gasteiger partial charge in [-0.15, -0.1) is 0 Å². The summed E-state index contributed by atoms with van der Waals surface area (Å²) in [6.07, 6.45) is 6.82. The molecule has 0 spiro atoms. The molecule has 0 amide bonds. The Kier molecular flexibility index (Phi) is 5.27. The standard InChI is InChI=1S/C16H21BrN2/c1-12-2-4-13(5-3-12)8-9-19-15-7-6-14(11-18)16(17)10-15/h6-7,10,12-13,19H,2-5,8-9H2,1H3. The normalized spacial score (nSPS) is 22.8. The Morgan fingerprint density at radius 3 is 2.68 bits per heavy atom. The third-order valence-corrected chi connectivity index (χ3v) is 4.76. The number of benzene rings is 1. The third kappa shape index (κ3) is 4.24. The van der Waals surface area contributed by atoms with Crippen molar-refractivity contribution in [1.29, 1.82) is 5.26 Å². The lowest BCUT2D eigenvalue weighted by Gasteiger charge is -2.26. The van der Waals surface area contributed by atoms with Gasteiger partial charge in [-0.25, -0.2) is 0 Å². The summed E-state index contributed by atoms with van der Waals surface area (Å²) in [7, 11) is 0. The smallest absolute Gasteiger partial charge is 0.100 e. The van der Waals surface area contributed by atoms with Crippen LogP contribution >= 0.6 is 15.9 Å². The number of hydrogen-bond acceptors (Lipinski definition) is 2. The van der Waals surface area contributed by atoms with Crippen molar-refractivity contribution in [3.8, 4) is 6.07 Å². The van der Waals surface area contributed by atoms with Gasteiger partial charge >= 0.3 is 0 Å². The van der Waals surface area contributed by atoms with Crippen LogP contribution in [0.1, 0.15) is 44.6 Å². The van der Waals surface area contributed by atoms with Gasteiger partial charge in [0.15, 0.2) is 0 Å². The number of halogens is 1. The Morgan fingerprint density at radius 1 is 1.32 bits per heavy atom. The largest absolute Gasteiger partial charge is 0.385 e. The zero-order valence-electron chi connectivity index (χ0n) is 11.5. The molecule has 0 bridgehead atoms.